The maximum Gasteiger partial charge on any atom is 0.261 e. The average Bonchev–Trinajstić information content (AvgIpc) is 2.76. The molecule has 0 bridgehead atoms. The highest BCUT2D eigenvalue weighted by Crippen LogP contribution is 2.25. The summed E-state index contributed by atoms with van der Waals surface area (Å²) in [5.74, 6) is 1.87. The van der Waals surface area contributed by atoms with E-state index in [1.54, 1.807) is 7.11 Å². The Bertz CT molecular complexity index is 965. The molecule has 0 saturated heterocycles. The van der Waals surface area contributed by atoms with Gasteiger partial charge in [0.05, 0.1) is 13.2 Å². The van der Waals surface area contributed by atoms with E-state index in [4.69, 9.17) is 9.47 Å². The van der Waals surface area contributed by atoms with Gasteiger partial charge in [0.2, 0.25) is 0 Å². The van der Waals surface area contributed by atoms with Crippen molar-refractivity contribution in [1.82, 2.24) is 5.32 Å². The third-order valence-electron chi connectivity index (χ3n) is 5.20. The summed E-state index contributed by atoms with van der Waals surface area (Å²) in [5, 5.41) is 5.46. The topological polar surface area (TPSA) is 47.6 Å². The summed E-state index contributed by atoms with van der Waals surface area (Å²) in [6.45, 7) is 6.28. The molecule has 1 N–H and O–H groups in total. The molecule has 1 amide bonds. The first-order chi connectivity index (χ1) is 14.5. The quantitative estimate of drug-likeness (QED) is 0.481. The van der Waals surface area contributed by atoms with Crippen LogP contribution in [0.5, 0.6) is 11.5 Å². The molecule has 0 radical (unpaired) electrons. The highest BCUT2D eigenvalue weighted by molar-refractivity contribution is 5.84. The zero-order valence-corrected chi connectivity index (χ0v) is 18.2. The Morgan fingerprint density at radius 3 is 2.23 bits per heavy atom. The van der Waals surface area contributed by atoms with Gasteiger partial charge in [0, 0.05) is 0 Å². The monoisotopic (exact) mass is 405 g/mol. The predicted octanol–water partition coefficient (Wildman–Crippen LogP) is 5.91. The third-order valence-corrected chi connectivity index (χ3v) is 5.20. The van der Waals surface area contributed by atoms with Gasteiger partial charge in [-0.3, -0.25) is 4.79 Å². The van der Waals surface area contributed by atoms with Gasteiger partial charge in [-0.15, -0.1) is 0 Å². The number of benzene rings is 3. The Morgan fingerprint density at radius 2 is 1.60 bits per heavy atom. The van der Waals surface area contributed by atoms with Crippen LogP contribution in [0.15, 0.2) is 66.7 Å². The van der Waals surface area contributed by atoms with Crippen LogP contribution in [0.4, 0.5) is 0 Å². The molecule has 3 rings (SSSR count). The van der Waals surface area contributed by atoms with Gasteiger partial charge in [0.25, 0.3) is 5.91 Å². The van der Waals surface area contributed by atoms with Crippen LogP contribution in [-0.2, 0) is 4.79 Å². The van der Waals surface area contributed by atoms with Crippen molar-refractivity contribution in [3.63, 3.8) is 0 Å². The van der Waals surface area contributed by atoms with Crippen molar-refractivity contribution in [2.75, 3.05) is 7.11 Å². The summed E-state index contributed by atoms with van der Waals surface area (Å²) in [7, 11) is 1.65. The van der Waals surface area contributed by atoms with Crippen LogP contribution in [0.3, 0.4) is 0 Å². The minimum absolute atomic E-state index is 0.0716. The number of hydrogen-bond donors (Lipinski definition) is 1. The van der Waals surface area contributed by atoms with Crippen molar-refractivity contribution in [2.24, 2.45) is 5.92 Å². The molecule has 0 aliphatic heterocycles. The molecule has 0 saturated carbocycles. The molecule has 0 heterocycles. The molecular weight excluding hydrogens is 374 g/mol. The molecule has 4 heteroatoms. The molecule has 0 unspecified atom stereocenters. The molecule has 3 aromatic rings. The summed E-state index contributed by atoms with van der Waals surface area (Å²) in [6, 6.07) is 21.9. The van der Waals surface area contributed by atoms with E-state index in [1.165, 1.54) is 0 Å². The first kappa shape index (κ1) is 21.7. The SMILES string of the molecule is CC[C@@H](Oc1ccc2ccccc2c1)C(=O)N[C@@H](CC(C)C)c1ccc(OC)cc1. The van der Waals surface area contributed by atoms with Crippen LogP contribution in [0.25, 0.3) is 10.8 Å². The number of amides is 1. The lowest BCUT2D eigenvalue weighted by Crippen LogP contribution is -2.40. The molecule has 0 aromatic heterocycles. The van der Waals surface area contributed by atoms with Gasteiger partial charge in [-0.25, -0.2) is 0 Å². The molecular formula is C26H31NO3. The Morgan fingerprint density at radius 1 is 0.933 bits per heavy atom. The van der Waals surface area contributed by atoms with Gasteiger partial charge < -0.3 is 14.8 Å². The number of rotatable bonds is 9. The zero-order chi connectivity index (χ0) is 21.5. The zero-order valence-electron chi connectivity index (χ0n) is 18.2. The van der Waals surface area contributed by atoms with Crippen LogP contribution in [0.1, 0.15) is 45.2 Å². The van der Waals surface area contributed by atoms with Crippen LogP contribution >= 0.6 is 0 Å². The van der Waals surface area contributed by atoms with Crippen molar-refractivity contribution >= 4 is 16.7 Å². The third kappa shape index (κ3) is 5.53. The summed E-state index contributed by atoms with van der Waals surface area (Å²) < 4.78 is 11.3. The number of carbonyl (C=O) groups excluding carboxylic acids is 1. The van der Waals surface area contributed by atoms with E-state index in [2.05, 4.69) is 25.2 Å². The molecule has 0 spiro atoms. The van der Waals surface area contributed by atoms with E-state index in [9.17, 15) is 4.79 Å². The van der Waals surface area contributed by atoms with Gasteiger partial charge in [-0.05, 0) is 59.4 Å². The maximum atomic E-state index is 13.1. The van der Waals surface area contributed by atoms with E-state index in [0.717, 1.165) is 28.5 Å². The highest BCUT2D eigenvalue weighted by atomic mass is 16.5. The minimum atomic E-state index is -0.543. The van der Waals surface area contributed by atoms with Crippen molar-refractivity contribution in [2.45, 2.75) is 45.8 Å². The van der Waals surface area contributed by atoms with Gasteiger partial charge in [0.1, 0.15) is 11.5 Å². The number of ether oxygens (including phenoxy) is 2. The molecule has 30 heavy (non-hydrogen) atoms. The molecule has 3 aromatic carbocycles. The van der Waals surface area contributed by atoms with E-state index in [1.807, 2.05) is 67.6 Å². The first-order valence-corrected chi connectivity index (χ1v) is 10.6. The standard InChI is InChI=1S/C26H31NO3/c1-5-25(30-23-15-10-19-8-6-7-9-21(19)17-23)26(28)27-24(16-18(2)3)20-11-13-22(29-4)14-12-20/h6-15,17-18,24-25H,5,16H2,1-4H3,(H,27,28)/t24-,25+/m0/s1. The first-order valence-electron chi connectivity index (χ1n) is 10.6. The lowest BCUT2D eigenvalue weighted by Gasteiger charge is -2.25. The fraction of sp³-hybridized carbons (Fsp3) is 0.346. The number of fused-ring (bicyclic) bond motifs is 1. The molecule has 4 nitrogen and oxygen atoms in total. The number of methoxy groups -OCH3 is 1. The van der Waals surface area contributed by atoms with Crippen molar-refractivity contribution in [1.29, 1.82) is 0 Å². The summed E-state index contributed by atoms with van der Waals surface area (Å²) in [4.78, 5) is 13.1. The Hall–Kier alpha value is -3.01. The van der Waals surface area contributed by atoms with Gasteiger partial charge >= 0.3 is 0 Å². The van der Waals surface area contributed by atoms with E-state index in [-0.39, 0.29) is 11.9 Å². The predicted molar refractivity (Wildman–Crippen MR) is 122 cm³/mol. The van der Waals surface area contributed by atoms with Crippen molar-refractivity contribution in [3.05, 3.63) is 72.3 Å². The van der Waals surface area contributed by atoms with Gasteiger partial charge in [-0.1, -0.05) is 63.2 Å². The second-order valence-corrected chi connectivity index (χ2v) is 7.99. The summed E-state index contributed by atoms with van der Waals surface area (Å²) in [6.07, 6.45) is 0.902. The van der Waals surface area contributed by atoms with E-state index >= 15 is 0 Å². The lowest BCUT2D eigenvalue weighted by atomic mass is 9.96. The number of carbonyl (C=O) groups is 1. The molecule has 2 atom stereocenters. The Kier molecular flexibility index (Phi) is 7.34. The Balaban J connectivity index is 1.74. The van der Waals surface area contributed by atoms with E-state index < -0.39 is 6.10 Å². The van der Waals surface area contributed by atoms with E-state index in [0.29, 0.717) is 18.1 Å². The minimum Gasteiger partial charge on any atom is -0.497 e. The Labute approximate surface area is 179 Å². The second kappa shape index (κ2) is 10.1. The molecule has 0 aliphatic rings. The lowest BCUT2D eigenvalue weighted by molar-refractivity contribution is -0.129. The summed E-state index contributed by atoms with van der Waals surface area (Å²) >= 11 is 0. The molecule has 158 valence electrons. The van der Waals surface area contributed by atoms with Crippen LogP contribution in [-0.4, -0.2) is 19.1 Å². The highest BCUT2D eigenvalue weighted by Gasteiger charge is 2.23. The number of hydrogen-bond acceptors (Lipinski definition) is 3. The fourth-order valence-corrected chi connectivity index (χ4v) is 3.58. The second-order valence-electron chi connectivity index (χ2n) is 7.99. The van der Waals surface area contributed by atoms with Crippen LogP contribution in [0.2, 0.25) is 0 Å². The fourth-order valence-electron chi connectivity index (χ4n) is 3.58. The van der Waals surface area contributed by atoms with Crippen LogP contribution < -0.4 is 14.8 Å². The molecule has 0 fully saturated rings. The van der Waals surface area contributed by atoms with Crippen molar-refractivity contribution in [3.8, 4) is 11.5 Å². The van der Waals surface area contributed by atoms with Gasteiger partial charge in [-0.2, -0.15) is 0 Å². The largest absolute Gasteiger partial charge is 0.497 e. The normalized spacial score (nSPS) is 13.1. The smallest absolute Gasteiger partial charge is 0.261 e. The average molecular weight is 406 g/mol. The summed E-state index contributed by atoms with van der Waals surface area (Å²) in [5.41, 5.74) is 1.07. The number of nitrogens with one attached hydrogen (secondary N) is 1. The van der Waals surface area contributed by atoms with Gasteiger partial charge in [0.15, 0.2) is 6.10 Å². The van der Waals surface area contributed by atoms with Crippen LogP contribution in [0, 0.1) is 5.92 Å². The maximum absolute atomic E-state index is 13.1. The molecule has 0 aliphatic carbocycles. The van der Waals surface area contributed by atoms with Crippen molar-refractivity contribution < 1.29 is 14.3 Å².